The molecule has 4 heteroatoms. The van der Waals surface area contributed by atoms with Crippen molar-refractivity contribution in [3.8, 4) is 5.82 Å². The van der Waals surface area contributed by atoms with Gasteiger partial charge in [0.2, 0.25) is 0 Å². The zero-order chi connectivity index (χ0) is 14.7. The Labute approximate surface area is 121 Å². The molecule has 0 spiro atoms. The molecule has 0 fully saturated rings. The summed E-state index contributed by atoms with van der Waals surface area (Å²) in [4.78, 5) is 4.56. The van der Waals surface area contributed by atoms with Crippen molar-refractivity contribution in [2.45, 2.75) is 47.1 Å². The normalized spacial score (nSPS) is 12.7. The van der Waals surface area contributed by atoms with Gasteiger partial charge in [0.1, 0.15) is 0 Å². The Hall–Kier alpha value is -1.68. The molecule has 2 aromatic heterocycles. The summed E-state index contributed by atoms with van der Waals surface area (Å²) in [5.41, 5.74) is 4.80. The van der Waals surface area contributed by atoms with Crippen LogP contribution >= 0.6 is 0 Å². The summed E-state index contributed by atoms with van der Waals surface area (Å²) in [7, 11) is 0. The van der Waals surface area contributed by atoms with Gasteiger partial charge in [0, 0.05) is 17.9 Å². The van der Waals surface area contributed by atoms with E-state index in [9.17, 15) is 0 Å². The third-order valence-corrected chi connectivity index (χ3v) is 3.79. The molecule has 1 N–H and O–H groups in total. The second kappa shape index (κ2) is 6.18. The van der Waals surface area contributed by atoms with E-state index in [-0.39, 0.29) is 0 Å². The van der Waals surface area contributed by atoms with Crippen molar-refractivity contribution in [1.29, 1.82) is 0 Å². The van der Waals surface area contributed by atoms with Crippen molar-refractivity contribution in [3.63, 3.8) is 0 Å². The Kier molecular flexibility index (Phi) is 4.55. The molecule has 0 amide bonds. The molecule has 20 heavy (non-hydrogen) atoms. The fourth-order valence-corrected chi connectivity index (χ4v) is 2.61. The first kappa shape index (κ1) is 14.7. The summed E-state index contributed by atoms with van der Waals surface area (Å²) >= 11 is 0. The lowest BCUT2D eigenvalue weighted by atomic mass is 10.1. The number of nitrogens with one attached hydrogen (secondary N) is 1. The molecule has 2 rings (SSSR count). The predicted molar refractivity (Wildman–Crippen MR) is 82.3 cm³/mol. The van der Waals surface area contributed by atoms with E-state index in [1.54, 1.807) is 0 Å². The first-order chi connectivity index (χ1) is 9.58. The molecule has 1 atom stereocenters. The third-order valence-electron chi connectivity index (χ3n) is 3.79. The standard InChI is InChI=1S/C16H24N4/c1-6-15-12(4)19-20(13(15)5)16-9-8-14(10-18-16)11(3)17-7-2/h8-11,17H,6-7H2,1-5H3. The lowest BCUT2D eigenvalue weighted by Gasteiger charge is -2.12. The highest BCUT2D eigenvalue weighted by Gasteiger charge is 2.12. The van der Waals surface area contributed by atoms with Crippen LogP contribution in [-0.2, 0) is 6.42 Å². The summed E-state index contributed by atoms with van der Waals surface area (Å²) in [6.45, 7) is 11.6. The first-order valence-electron chi connectivity index (χ1n) is 7.33. The van der Waals surface area contributed by atoms with Gasteiger partial charge in [0.25, 0.3) is 0 Å². The maximum absolute atomic E-state index is 4.60. The number of hydrogen-bond acceptors (Lipinski definition) is 3. The summed E-state index contributed by atoms with van der Waals surface area (Å²) in [6, 6.07) is 4.49. The number of nitrogens with zero attached hydrogens (tertiary/aromatic N) is 3. The van der Waals surface area contributed by atoms with Crippen LogP contribution in [0.3, 0.4) is 0 Å². The minimum Gasteiger partial charge on any atom is -0.310 e. The van der Waals surface area contributed by atoms with Gasteiger partial charge in [-0.2, -0.15) is 5.10 Å². The first-order valence-corrected chi connectivity index (χ1v) is 7.33. The van der Waals surface area contributed by atoms with Gasteiger partial charge in [-0.25, -0.2) is 9.67 Å². The van der Waals surface area contributed by atoms with Crippen LogP contribution in [0.2, 0.25) is 0 Å². The number of hydrogen-bond donors (Lipinski definition) is 1. The second-order valence-corrected chi connectivity index (χ2v) is 5.14. The van der Waals surface area contributed by atoms with Gasteiger partial charge in [-0.1, -0.05) is 19.9 Å². The highest BCUT2D eigenvalue weighted by molar-refractivity contribution is 5.33. The zero-order valence-electron chi connectivity index (χ0n) is 13.1. The summed E-state index contributed by atoms with van der Waals surface area (Å²) in [5.74, 6) is 0.887. The average molecular weight is 272 g/mol. The van der Waals surface area contributed by atoms with Crippen LogP contribution in [0.15, 0.2) is 18.3 Å². The number of aryl methyl sites for hydroxylation is 1. The second-order valence-electron chi connectivity index (χ2n) is 5.14. The van der Waals surface area contributed by atoms with Crippen molar-refractivity contribution in [2.75, 3.05) is 6.54 Å². The molecule has 2 aromatic rings. The molecule has 0 aromatic carbocycles. The van der Waals surface area contributed by atoms with Gasteiger partial charge in [-0.15, -0.1) is 0 Å². The Balaban J connectivity index is 2.31. The Morgan fingerprint density at radius 2 is 2.00 bits per heavy atom. The van der Waals surface area contributed by atoms with E-state index in [0.717, 1.165) is 24.5 Å². The van der Waals surface area contributed by atoms with Gasteiger partial charge < -0.3 is 5.32 Å². The highest BCUT2D eigenvalue weighted by Crippen LogP contribution is 2.18. The van der Waals surface area contributed by atoms with Crippen molar-refractivity contribution in [1.82, 2.24) is 20.1 Å². The topological polar surface area (TPSA) is 42.7 Å². The molecule has 108 valence electrons. The van der Waals surface area contributed by atoms with Gasteiger partial charge in [0.15, 0.2) is 5.82 Å². The fraction of sp³-hybridized carbons (Fsp3) is 0.500. The van der Waals surface area contributed by atoms with Gasteiger partial charge >= 0.3 is 0 Å². The minimum absolute atomic E-state index is 0.327. The number of pyridine rings is 1. The van der Waals surface area contributed by atoms with Crippen LogP contribution in [-0.4, -0.2) is 21.3 Å². The molecule has 0 aliphatic heterocycles. The SMILES string of the molecule is CCNC(C)c1ccc(-n2nc(C)c(CC)c2C)nc1. The highest BCUT2D eigenvalue weighted by atomic mass is 15.3. The van der Waals surface area contributed by atoms with Crippen LogP contribution in [0, 0.1) is 13.8 Å². The molecule has 0 saturated carbocycles. The van der Waals surface area contributed by atoms with E-state index in [1.807, 2.05) is 16.9 Å². The molecule has 4 nitrogen and oxygen atoms in total. The third kappa shape index (κ3) is 2.75. The Bertz CT molecular complexity index is 569. The van der Waals surface area contributed by atoms with E-state index in [4.69, 9.17) is 0 Å². The average Bonchev–Trinajstić information content (AvgIpc) is 2.74. The molecule has 0 aliphatic rings. The van der Waals surface area contributed by atoms with Crippen LogP contribution in [0.5, 0.6) is 0 Å². The molecule has 1 unspecified atom stereocenters. The molecule has 0 aliphatic carbocycles. The van der Waals surface area contributed by atoms with Gasteiger partial charge in [0.05, 0.1) is 5.69 Å². The van der Waals surface area contributed by atoms with Crippen LogP contribution in [0.4, 0.5) is 0 Å². The maximum Gasteiger partial charge on any atom is 0.153 e. The van der Waals surface area contributed by atoms with E-state index < -0.39 is 0 Å². The van der Waals surface area contributed by atoms with Crippen LogP contribution < -0.4 is 5.32 Å². The van der Waals surface area contributed by atoms with E-state index >= 15 is 0 Å². The maximum atomic E-state index is 4.60. The predicted octanol–water partition coefficient (Wildman–Crippen LogP) is 3.12. The van der Waals surface area contributed by atoms with Crippen molar-refractivity contribution in [2.24, 2.45) is 0 Å². The monoisotopic (exact) mass is 272 g/mol. The van der Waals surface area contributed by atoms with Crippen LogP contribution in [0.25, 0.3) is 5.82 Å². The molecule has 2 heterocycles. The molecule has 0 radical (unpaired) electrons. The summed E-state index contributed by atoms with van der Waals surface area (Å²) in [6.07, 6.45) is 2.94. The lowest BCUT2D eigenvalue weighted by Crippen LogP contribution is -2.18. The fourth-order valence-electron chi connectivity index (χ4n) is 2.61. The van der Waals surface area contributed by atoms with Gasteiger partial charge in [-0.05, 0) is 50.9 Å². The summed E-state index contributed by atoms with van der Waals surface area (Å²) in [5, 5.41) is 7.99. The number of aromatic nitrogens is 3. The minimum atomic E-state index is 0.327. The van der Waals surface area contributed by atoms with Crippen molar-refractivity contribution in [3.05, 3.63) is 40.8 Å². The molecular weight excluding hydrogens is 248 g/mol. The zero-order valence-corrected chi connectivity index (χ0v) is 13.1. The van der Waals surface area contributed by atoms with Crippen LogP contribution in [0.1, 0.15) is 49.3 Å². The Morgan fingerprint density at radius 1 is 1.25 bits per heavy atom. The van der Waals surface area contributed by atoms with E-state index in [0.29, 0.717) is 6.04 Å². The molecule has 0 saturated heterocycles. The van der Waals surface area contributed by atoms with Crippen molar-refractivity contribution < 1.29 is 0 Å². The van der Waals surface area contributed by atoms with E-state index in [1.165, 1.54) is 16.8 Å². The smallest absolute Gasteiger partial charge is 0.153 e. The lowest BCUT2D eigenvalue weighted by molar-refractivity contribution is 0.595. The van der Waals surface area contributed by atoms with E-state index in [2.05, 4.69) is 56.1 Å². The molecular formula is C16H24N4. The van der Waals surface area contributed by atoms with Gasteiger partial charge in [-0.3, -0.25) is 0 Å². The Morgan fingerprint density at radius 3 is 2.50 bits per heavy atom. The number of rotatable bonds is 5. The van der Waals surface area contributed by atoms with Crippen molar-refractivity contribution >= 4 is 0 Å². The molecule has 0 bridgehead atoms. The quantitative estimate of drug-likeness (QED) is 0.909. The largest absolute Gasteiger partial charge is 0.310 e. The summed E-state index contributed by atoms with van der Waals surface area (Å²) < 4.78 is 1.94.